The summed E-state index contributed by atoms with van der Waals surface area (Å²) in [7, 11) is -3.94. The first kappa shape index (κ1) is 32.0. The predicted octanol–water partition coefficient (Wildman–Crippen LogP) is 6.52. The molecule has 2 atom stereocenters. The lowest BCUT2D eigenvalue weighted by atomic mass is 9.97. The van der Waals surface area contributed by atoms with Crippen LogP contribution in [-0.4, -0.2) is 56.6 Å². The Bertz CT molecular complexity index is 1470. The van der Waals surface area contributed by atoms with Crippen LogP contribution >= 0.6 is 0 Å². The van der Waals surface area contributed by atoms with Crippen LogP contribution in [-0.2, 0) is 25.9 Å². The fourth-order valence-electron chi connectivity index (χ4n) is 5.87. The van der Waals surface area contributed by atoms with E-state index in [1.54, 1.807) is 12.1 Å². The highest BCUT2D eigenvalue weighted by molar-refractivity contribution is 7.89. The van der Waals surface area contributed by atoms with Crippen molar-refractivity contribution in [2.24, 2.45) is 5.14 Å². The van der Waals surface area contributed by atoms with Crippen molar-refractivity contribution in [3.05, 3.63) is 83.9 Å². The number of nitrogens with two attached hydrogens (primary N) is 1. The largest absolute Gasteiger partial charge is 0.489 e. The fraction of sp³-hybridized carbons (Fsp3) is 0.441. The van der Waals surface area contributed by atoms with E-state index in [2.05, 4.69) is 0 Å². The summed E-state index contributed by atoms with van der Waals surface area (Å²) in [5.74, 6) is 0.284. The molecule has 0 aromatic heterocycles. The van der Waals surface area contributed by atoms with Crippen molar-refractivity contribution >= 4 is 16.1 Å². The molecule has 2 fully saturated rings. The highest BCUT2D eigenvalue weighted by Crippen LogP contribution is 2.33. The van der Waals surface area contributed by atoms with Gasteiger partial charge in [0.1, 0.15) is 16.7 Å². The van der Waals surface area contributed by atoms with Crippen molar-refractivity contribution in [2.45, 2.75) is 81.2 Å². The summed E-state index contributed by atoms with van der Waals surface area (Å²) in [6.07, 6.45) is 6.60. The minimum atomic E-state index is -3.94. The summed E-state index contributed by atoms with van der Waals surface area (Å²) in [5.41, 5.74) is 3.60. The molecule has 2 aliphatic rings. The van der Waals surface area contributed by atoms with Crippen molar-refractivity contribution in [3.8, 4) is 16.9 Å². The van der Waals surface area contributed by atoms with E-state index in [1.807, 2.05) is 54.6 Å². The van der Waals surface area contributed by atoms with E-state index in [9.17, 15) is 18.3 Å². The zero-order valence-corrected chi connectivity index (χ0v) is 25.8. The molecule has 1 amide bonds. The quantitative estimate of drug-likeness (QED) is 0.235. The Morgan fingerprint density at radius 1 is 0.932 bits per heavy atom. The summed E-state index contributed by atoms with van der Waals surface area (Å²) in [4.78, 5) is 13.7. The van der Waals surface area contributed by atoms with Gasteiger partial charge in [-0.05, 0) is 85.8 Å². The number of carbonyl (C=O) groups is 1. The first-order valence-corrected chi connectivity index (χ1v) is 17.0. The van der Waals surface area contributed by atoms with Crippen molar-refractivity contribution < 1.29 is 32.5 Å². The van der Waals surface area contributed by atoms with Gasteiger partial charge in [-0.3, -0.25) is 0 Å². The second-order valence-corrected chi connectivity index (χ2v) is 13.1. The van der Waals surface area contributed by atoms with Crippen LogP contribution in [0.1, 0.15) is 68.6 Å². The van der Waals surface area contributed by atoms with Crippen LogP contribution in [0.4, 0.5) is 4.79 Å². The molecule has 1 aliphatic heterocycles. The van der Waals surface area contributed by atoms with Crippen LogP contribution < -0.4 is 9.88 Å². The molecule has 1 aliphatic carbocycles. The molecule has 1 heterocycles. The molecule has 5 rings (SSSR count). The molecular weight excluding hydrogens is 580 g/mol. The van der Waals surface area contributed by atoms with Gasteiger partial charge in [0, 0.05) is 13.2 Å². The van der Waals surface area contributed by atoms with E-state index >= 15 is 0 Å². The monoisotopic (exact) mass is 622 g/mol. The number of carboxylic acid groups (broad SMARTS) is 1. The zero-order valence-electron chi connectivity index (χ0n) is 25.0. The molecule has 0 bridgehead atoms. The standard InChI is InChI=1S/C34H42N2O7S/c35-44(39,40)32-19-18-28(23-30(32)42-29-11-5-2-6-12-29)26-16-14-25(15-17-26)20-21-36(34(37)38)24-31(27-9-3-1-4-10-27)43-33-13-7-8-22-41-33/h1,3-4,9-10,14-19,23,29,31,33H,2,5-8,11-13,20-22,24H2,(H,37,38)(H2,35,39,40)/t31-,33?/m1/s1. The molecule has 3 aromatic carbocycles. The number of rotatable bonds is 12. The maximum Gasteiger partial charge on any atom is 0.407 e. The minimum Gasteiger partial charge on any atom is -0.489 e. The van der Waals surface area contributed by atoms with E-state index in [1.165, 1.54) is 11.0 Å². The Morgan fingerprint density at radius 3 is 2.30 bits per heavy atom. The maximum absolute atomic E-state index is 12.3. The Kier molecular flexibility index (Phi) is 10.9. The summed E-state index contributed by atoms with van der Waals surface area (Å²) in [6.45, 7) is 1.14. The van der Waals surface area contributed by atoms with Crippen LogP contribution in [0.2, 0.25) is 0 Å². The number of nitrogens with zero attached hydrogens (tertiary/aromatic N) is 1. The lowest BCUT2D eigenvalue weighted by Gasteiger charge is -2.31. The first-order valence-electron chi connectivity index (χ1n) is 15.5. The van der Waals surface area contributed by atoms with Crippen LogP contribution in [0.3, 0.4) is 0 Å². The van der Waals surface area contributed by atoms with E-state index in [4.69, 9.17) is 19.3 Å². The van der Waals surface area contributed by atoms with Crippen molar-refractivity contribution in [3.63, 3.8) is 0 Å². The van der Waals surface area contributed by atoms with Crippen molar-refractivity contribution in [1.29, 1.82) is 0 Å². The van der Waals surface area contributed by atoms with Gasteiger partial charge in [0.15, 0.2) is 6.29 Å². The number of primary sulfonamides is 1. The lowest BCUT2D eigenvalue weighted by Crippen LogP contribution is -2.37. The molecule has 3 N–H and O–H groups in total. The zero-order chi connectivity index (χ0) is 30.9. The number of amides is 1. The molecule has 1 unspecified atom stereocenters. The second kappa shape index (κ2) is 15.0. The molecule has 1 saturated heterocycles. The van der Waals surface area contributed by atoms with Crippen LogP contribution in [0.5, 0.6) is 5.75 Å². The number of hydrogen-bond donors (Lipinski definition) is 2. The normalized spacial score (nSPS) is 18.4. The average Bonchev–Trinajstić information content (AvgIpc) is 3.03. The summed E-state index contributed by atoms with van der Waals surface area (Å²) < 4.78 is 42.7. The van der Waals surface area contributed by atoms with E-state index in [0.29, 0.717) is 19.6 Å². The van der Waals surface area contributed by atoms with E-state index in [-0.39, 0.29) is 29.6 Å². The number of ether oxygens (including phenoxy) is 3. The summed E-state index contributed by atoms with van der Waals surface area (Å²) in [5, 5.41) is 15.5. The molecule has 10 heteroatoms. The SMILES string of the molecule is NS(=O)(=O)c1ccc(-c2ccc(CCN(C[C@@H](OC3CCCCO3)c3ccccc3)C(=O)O)cc2)cc1OC1CCCCC1. The third-order valence-corrected chi connectivity index (χ3v) is 9.29. The van der Waals surface area contributed by atoms with E-state index < -0.39 is 22.2 Å². The van der Waals surface area contributed by atoms with Gasteiger partial charge in [-0.25, -0.2) is 18.4 Å². The molecule has 0 radical (unpaired) electrons. The molecule has 44 heavy (non-hydrogen) atoms. The van der Waals surface area contributed by atoms with Crippen molar-refractivity contribution in [2.75, 3.05) is 19.7 Å². The minimum absolute atomic E-state index is 0.00922. The smallest absolute Gasteiger partial charge is 0.407 e. The summed E-state index contributed by atoms with van der Waals surface area (Å²) in [6, 6.07) is 22.5. The topological polar surface area (TPSA) is 128 Å². The highest BCUT2D eigenvalue weighted by atomic mass is 32.2. The van der Waals surface area contributed by atoms with Crippen molar-refractivity contribution in [1.82, 2.24) is 4.90 Å². The van der Waals surface area contributed by atoms with Gasteiger partial charge in [-0.2, -0.15) is 0 Å². The Morgan fingerprint density at radius 2 is 1.64 bits per heavy atom. The lowest BCUT2D eigenvalue weighted by molar-refractivity contribution is -0.192. The van der Waals surface area contributed by atoms with Gasteiger partial charge in [0.25, 0.3) is 0 Å². The predicted molar refractivity (Wildman–Crippen MR) is 168 cm³/mol. The van der Waals surface area contributed by atoms with Crippen LogP contribution in [0.25, 0.3) is 11.1 Å². The molecule has 3 aromatic rings. The Hall–Kier alpha value is -3.44. The molecule has 9 nitrogen and oxygen atoms in total. The van der Waals surface area contributed by atoms with Gasteiger partial charge in [-0.1, -0.05) is 67.1 Å². The molecule has 236 valence electrons. The van der Waals surface area contributed by atoms with Crippen LogP contribution in [0, 0.1) is 0 Å². The fourth-order valence-corrected chi connectivity index (χ4v) is 6.51. The summed E-state index contributed by atoms with van der Waals surface area (Å²) >= 11 is 0. The van der Waals surface area contributed by atoms with Crippen LogP contribution in [0.15, 0.2) is 77.7 Å². The van der Waals surface area contributed by atoms with Gasteiger partial charge in [0.05, 0.1) is 12.6 Å². The number of sulfonamides is 1. The van der Waals surface area contributed by atoms with Gasteiger partial charge < -0.3 is 24.2 Å². The van der Waals surface area contributed by atoms with Gasteiger partial charge in [0.2, 0.25) is 10.0 Å². The number of hydrogen-bond acceptors (Lipinski definition) is 6. The van der Waals surface area contributed by atoms with Gasteiger partial charge >= 0.3 is 6.09 Å². The third-order valence-electron chi connectivity index (χ3n) is 8.34. The first-order chi connectivity index (χ1) is 21.3. The molecular formula is C34H42N2O7S. The molecule has 0 spiro atoms. The second-order valence-electron chi connectivity index (χ2n) is 11.6. The maximum atomic E-state index is 12.3. The Labute approximate surface area is 260 Å². The van der Waals surface area contributed by atoms with Gasteiger partial charge in [-0.15, -0.1) is 0 Å². The highest BCUT2D eigenvalue weighted by Gasteiger charge is 2.26. The average molecular weight is 623 g/mol. The molecule has 1 saturated carbocycles. The third kappa shape index (κ3) is 8.81. The van der Waals surface area contributed by atoms with E-state index in [0.717, 1.165) is 73.6 Å². The Balaban J connectivity index is 1.26. The number of benzene rings is 3.